The number of ether oxygens (including phenoxy) is 3. The fourth-order valence-electron chi connectivity index (χ4n) is 4.73. The van der Waals surface area contributed by atoms with Crippen molar-refractivity contribution in [3.8, 4) is 11.5 Å². The van der Waals surface area contributed by atoms with Gasteiger partial charge in [-0.25, -0.2) is 15.0 Å². The molecule has 9 nitrogen and oxygen atoms in total. The number of nitrogens with one attached hydrogen (secondary N) is 2. The first-order valence-corrected chi connectivity index (χ1v) is 13.0. The van der Waals surface area contributed by atoms with Crippen LogP contribution in [0.15, 0.2) is 79.1 Å². The molecule has 5 aromatic rings. The maximum Gasteiger partial charge on any atom is 0.231 e. The second kappa shape index (κ2) is 9.92. The number of hydrogen-bond donors (Lipinski definition) is 2. The molecule has 196 valence electrons. The summed E-state index contributed by atoms with van der Waals surface area (Å²) in [5.74, 6) is 2.81. The lowest BCUT2D eigenvalue weighted by Crippen LogP contribution is -2.11. The van der Waals surface area contributed by atoms with E-state index in [1.807, 2.05) is 36.4 Å². The average Bonchev–Trinajstić information content (AvgIpc) is 3.36. The fourth-order valence-corrected chi connectivity index (χ4v) is 4.73. The third-order valence-corrected chi connectivity index (χ3v) is 6.98. The number of nitrogens with zero attached hydrogens (tertiary/aromatic N) is 4. The molecule has 1 aliphatic carbocycles. The molecule has 1 saturated carbocycles. The highest BCUT2D eigenvalue weighted by atomic mass is 16.7. The van der Waals surface area contributed by atoms with E-state index in [1.165, 1.54) is 11.1 Å². The Labute approximate surface area is 225 Å². The summed E-state index contributed by atoms with van der Waals surface area (Å²) in [6.07, 6.45) is 2.64. The van der Waals surface area contributed by atoms with Crippen molar-refractivity contribution < 1.29 is 14.2 Å². The predicted octanol–water partition coefficient (Wildman–Crippen LogP) is 5.42. The Morgan fingerprint density at radius 1 is 0.949 bits per heavy atom. The van der Waals surface area contributed by atoms with Gasteiger partial charge in [0, 0.05) is 11.8 Å². The van der Waals surface area contributed by atoms with Gasteiger partial charge in [0.2, 0.25) is 12.7 Å². The molecule has 2 aliphatic rings. The molecule has 0 unspecified atom stereocenters. The Morgan fingerprint density at radius 3 is 2.67 bits per heavy atom. The van der Waals surface area contributed by atoms with Crippen molar-refractivity contribution >= 4 is 28.6 Å². The number of benzene rings is 3. The van der Waals surface area contributed by atoms with E-state index in [-0.39, 0.29) is 18.9 Å². The number of aryl methyl sites for hydroxylation is 1. The molecule has 1 fully saturated rings. The first-order valence-electron chi connectivity index (χ1n) is 13.0. The van der Waals surface area contributed by atoms with Crippen LogP contribution in [-0.4, -0.2) is 38.5 Å². The van der Waals surface area contributed by atoms with E-state index in [2.05, 4.69) is 68.5 Å². The van der Waals surface area contributed by atoms with Gasteiger partial charge in [-0.1, -0.05) is 60.2 Å². The molecule has 3 aromatic carbocycles. The summed E-state index contributed by atoms with van der Waals surface area (Å²) in [4.78, 5) is 14.1. The largest absolute Gasteiger partial charge is 0.454 e. The number of anilines is 3. The Bertz CT molecular complexity index is 1620. The van der Waals surface area contributed by atoms with Crippen LogP contribution in [-0.2, 0) is 17.9 Å². The topological polar surface area (TPSA) is 95.4 Å². The molecule has 2 N–H and O–H groups in total. The molecule has 2 atom stereocenters. The minimum atomic E-state index is 0.135. The van der Waals surface area contributed by atoms with Gasteiger partial charge >= 0.3 is 0 Å². The Morgan fingerprint density at radius 2 is 1.79 bits per heavy atom. The Balaban J connectivity index is 1.16. The second-order valence-corrected chi connectivity index (χ2v) is 9.92. The monoisotopic (exact) mass is 520 g/mol. The lowest BCUT2D eigenvalue weighted by molar-refractivity contribution is 0.104. The molecular weight excluding hydrogens is 492 g/mol. The van der Waals surface area contributed by atoms with Crippen LogP contribution in [0.5, 0.6) is 11.5 Å². The van der Waals surface area contributed by atoms with Gasteiger partial charge < -0.3 is 24.8 Å². The van der Waals surface area contributed by atoms with Crippen molar-refractivity contribution in [1.29, 1.82) is 0 Å². The normalized spacial score (nSPS) is 17.4. The Hall–Kier alpha value is -4.63. The van der Waals surface area contributed by atoms with E-state index in [4.69, 9.17) is 19.2 Å². The Kier molecular flexibility index (Phi) is 5.97. The number of hydrogen-bond acceptors (Lipinski definition) is 8. The maximum absolute atomic E-state index is 6.10. The van der Waals surface area contributed by atoms with Gasteiger partial charge in [-0.2, -0.15) is 0 Å². The standard InChI is InChI=1S/C30H28N6O3/c1-19-7-9-20(10-8-19)15-36-29-27(35-30(36)33-22-11-12-24-26(13-22)39-18-38-24)28(31-17-32-29)34-23-14-25(23)37-16-21-5-3-2-4-6-21/h2-13,17,23,25H,14-16,18H2,1H3,(H,33,35)(H,31,32,34)/t23-,25-/m1/s1. The fraction of sp³-hybridized carbons (Fsp3) is 0.233. The zero-order valence-corrected chi connectivity index (χ0v) is 21.5. The van der Waals surface area contributed by atoms with Crippen molar-refractivity contribution in [2.75, 3.05) is 17.4 Å². The lowest BCUT2D eigenvalue weighted by atomic mass is 10.1. The van der Waals surface area contributed by atoms with Crippen molar-refractivity contribution in [3.05, 3.63) is 95.8 Å². The molecule has 7 rings (SSSR count). The minimum absolute atomic E-state index is 0.135. The van der Waals surface area contributed by atoms with Crippen LogP contribution >= 0.6 is 0 Å². The summed E-state index contributed by atoms with van der Waals surface area (Å²) in [5, 5.41) is 7.00. The first-order chi connectivity index (χ1) is 19.2. The van der Waals surface area contributed by atoms with Crippen molar-refractivity contribution in [1.82, 2.24) is 19.5 Å². The van der Waals surface area contributed by atoms with Gasteiger partial charge in [0.05, 0.1) is 25.3 Å². The zero-order valence-electron chi connectivity index (χ0n) is 21.5. The van der Waals surface area contributed by atoms with Gasteiger partial charge in [0.15, 0.2) is 28.5 Å². The van der Waals surface area contributed by atoms with Gasteiger partial charge in [-0.05, 0) is 36.6 Å². The molecule has 0 bridgehead atoms. The van der Waals surface area contributed by atoms with Crippen LogP contribution in [0.4, 0.5) is 17.5 Å². The summed E-state index contributed by atoms with van der Waals surface area (Å²) in [5.41, 5.74) is 5.84. The molecule has 3 heterocycles. The minimum Gasteiger partial charge on any atom is -0.454 e. The number of rotatable bonds is 9. The average molecular weight is 521 g/mol. The van der Waals surface area contributed by atoms with Crippen LogP contribution in [0.25, 0.3) is 11.2 Å². The summed E-state index contributed by atoms with van der Waals surface area (Å²) in [6, 6.07) is 24.7. The molecule has 0 spiro atoms. The third-order valence-electron chi connectivity index (χ3n) is 6.98. The zero-order chi connectivity index (χ0) is 26.2. The van der Waals surface area contributed by atoms with Crippen LogP contribution in [0, 0.1) is 6.92 Å². The van der Waals surface area contributed by atoms with Crippen LogP contribution < -0.4 is 20.1 Å². The summed E-state index contributed by atoms with van der Waals surface area (Å²) in [7, 11) is 0. The van der Waals surface area contributed by atoms with Crippen molar-refractivity contribution in [2.24, 2.45) is 0 Å². The molecular formula is C30H28N6O3. The number of fused-ring (bicyclic) bond motifs is 2. The number of aromatic nitrogens is 4. The van der Waals surface area contributed by atoms with Crippen LogP contribution in [0.3, 0.4) is 0 Å². The van der Waals surface area contributed by atoms with E-state index < -0.39 is 0 Å². The van der Waals surface area contributed by atoms with Gasteiger partial charge in [0.25, 0.3) is 0 Å². The highest BCUT2D eigenvalue weighted by Gasteiger charge is 2.39. The molecule has 2 aromatic heterocycles. The molecule has 0 amide bonds. The van der Waals surface area contributed by atoms with Crippen molar-refractivity contribution in [3.63, 3.8) is 0 Å². The van der Waals surface area contributed by atoms with Gasteiger partial charge in [0.1, 0.15) is 6.33 Å². The summed E-state index contributed by atoms with van der Waals surface area (Å²) >= 11 is 0. The highest BCUT2D eigenvalue weighted by Crippen LogP contribution is 2.36. The van der Waals surface area contributed by atoms with Gasteiger partial charge in [-0.15, -0.1) is 0 Å². The van der Waals surface area contributed by atoms with Gasteiger partial charge in [-0.3, -0.25) is 4.57 Å². The van der Waals surface area contributed by atoms with Crippen molar-refractivity contribution in [2.45, 2.75) is 38.6 Å². The van der Waals surface area contributed by atoms with E-state index in [0.717, 1.165) is 29.1 Å². The summed E-state index contributed by atoms with van der Waals surface area (Å²) < 4.78 is 19.2. The van der Waals surface area contributed by atoms with E-state index >= 15 is 0 Å². The SMILES string of the molecule is Cc1ccc(Cn2c(Nc3ccc4c(c3)OCO4)nc3c(N[C@@H]4C[C@H]4OCc4ccccc4)ncnc32)cc1. The van der Waals surface area contributed by atoms with E-state index in [1.54, 1.807) is 6.33 Å². The third kappa shape index (κ3) is 4.96. The highest BCUT2D eigenvalue weighted by molar-refractivity contribution is 5.86. The van der Waals surface area contributed by atoms with E-state index in [0.29, 0.717) is 36.2 Å². The quantitative estimate of drug-likeness (QED) is 0.266. The van der Waals surface area contributed by atoms with Crippen LogP contribution in [0.1, 0.15) is 23.1 Å². The summed E-state index contributed by atoms with van der Waals surface area (Å²) in [6.45, 7) is 3.51. The molecule has 1 aliphatic heterocycles. The molecule has 0 radical (unpaired) electrons. The molecule has 39 heavy (non-hydrogen) atoms. The smallest absolute Gasteiger partial charge is 0.231 e. The second-order valence-electron chi connectivity index (χ2n) is 9.92. The maximum atomic E-state index is 6.10. The van der Waals surface area contributed by atoms with E-state index in [9.17, 15) is 0 Å². The molecule has 0 saturated heterocycles. The lowest BCUT2D eigenvalue weighted by Gasteiger charge is -2.11. The molecule has 9 heteroatoms. The number of imidazole rings is 1. The predicted molar refractivity (Wildman–Crippen MR) is 148 cm³/mol. The first kappa shape index (κ1) is 23.5. The van der Waals surface area contributed by atoms with Crippen LogP contribution in [0.2, 0.25) is 0 Å².